The SMILES string of the molecule is O=C(Nc1ccc(C(F)(F)F)cc1)c1c[nH]c2ccc(Cl)cc12. The van der Waals surface area contributed by atoms with Gasteiger partial charge in [0.05, 0.1) is 11.1 Å². The van der Waals surface area contributed by atoms with Crippen LogP contribution < -0.4 is 5.32 Å². The fourth-order valence-electron chi connectivity index (χ4n) is 2.22. The highest BCUT2D eigenvalue weighted by atomic mass is 35.5. The van der Waals surface area contributed by atoms with Crippen LogP contribution in [0.4, 0.5) is 18.9 Å². The summed E-state index contributed by atoms with van der Waals surface area (Å²) in [6.45, 7) is 0. The quantitative estimate of drug-likeness (QED) is 0.671. The topological polar surface area (TPSA) is 44.9 Å². The first kappa shape index (κ1) is 15.4. The Morgan fingerprint density at radius 1 is 1.09 bits per heavy atom. The molecule has 1 amide bonds. The third kappa shape index (κ3) is 3.17. The molecule has 1 aromatic heterocycles. The second-order valence-electron chi connectivity index (χ2n) is 4.92. The number of amides is 1. The number of halogens is 4. The Morgan fingerprint density at radius 2 is 1.78 bits per heavy atom. The van der Waals surface area contributed by atoms with Crippen LogP contribution >= 0.6 is 11.6 Å². The minimum Gasteiger partial charge on any atom is -0.360 e. The van der Waals surface area contributed by atoms with Crippen molar-refractivity contribution in [2.24, 2.45) is 0 Å². The molecule has 2 N–H and O–H groups in total. The van der Waals surface area contributed by atoms with E-state index in [0.29, 0.717) is 16.0 Å². The summed E-state index contributed by atoms with van der Waals surface area (Å²) < 4.78 is 37.5. The molecule has 0 fully saturated rings. The molecule has 0 saturated heterocycles. The number of H-pyrrole nitrogens is 1. The zero-order valence-electron chi connectivity index (χ0n) is 11.5. The van der Waals surface area contributed by atoms with Gasteiger partial charge in [-0.3, -0.25) is 4.79 Å². The van der Waals surface area contributed by atoms with Gasteiger partial charge in [0.15, 0.2) is 0 Å². The molecule has 2 aromatic carbocycles. The van der Waals surface area contributed by atoms with Crippen LogP contribution in [0.1, 0.15) is 15.9 Å². The number of alkyl halides is 3. The summed E-state index contributed by atoms with van der Waals surface area (Å²) in [6, 6.07) is 9.34. The average Bonchev–Trinajstić information content (AvgIpc) is 2.90. The Balaban J connectivity index is 1.85. The smallest absolute Gasteiger partial charge is 0.360 e. The van der Waals surface area contributed by atoms with Crippen molar-refractivity contribution in [1.29, 1.82) is 0 Å². The summed E-state index contributed by atoms with van der Waals surface area (Å²) in [4.78, 5) is 15.2. The molecule has 0 aliphatic carbocycles. The van der Waals surface area contributed by atoms with Crippen molar-refractivity contribution >= 4 is 34.1 Å². The average molecular weight is 339 g/mol. The Labute approximate surface area is 134 Å². The van der Waals surface area contributed by atoms with Crippen LogP contribution in [-0.2, 0) is 6.18 Å². The highest BCUT2D eigenvalue weighted by molar-refractivity contribution is 6.31. The summed E-state index contributed by atoms with van der Waals surface area (Å²) in [5.41, 5.74) is 0.614. The molecule has 23 heavy (non-hydrogen) atoms. The molecular weight excluding hydrogens is 329 g/mol. The molecule has 0 aliphatic heterocycles. The number of aromatic amines is 1. The lowest BCUT2D eigenvalue weighted by atomic mass is 10.1. The summed E-state index contributed by atoms with van der Waals surface area (Å²) >= 11 is 5.92. The lowest BCUT2D eigenvalue weighted by Gasteiger charge is -2.08. The van der Waals surface area contributed by atoms with E-state index in [1.807, 2.05) is 0 Å². The molecule has 1 heterocycles. The number of carbonyl (C=O) groups is 1. The molecular formula is C16H10ClF3N2O. The molecule has 0 bridgehead atoms. The van der Waals surface area contributed by atoms with Gasteiger partial charge in [0.25, 0.3) is 5.91 Å². The lowest BCUT2D eigenvalue weighted by Crippen LogP contribution is -2.12. The van der Waals surface area contributed by atoms with Gasteiger partial charge in [-0.15, -0.1) is 0 Å². The molecule has 0 spiro atoms. The van der Waals surface area contributed by atoms with E-state index in [4.69, 9.17) is 11.6 Å². The van der Waals surface area contributed by atoms with Gasteiger partial charge in [0, 0.05) is 27.8 Å². The third-order valence-corrected chi connectivity index (χ3v) is 3.59. The maximum absolute atomic E-state index is 12.5. The zero-order chi connectivity index (χ0) is 16.6. The lowest BCUT2D eigenvalue weighted by molar-refractivity contribution is -0.137. The highest BCUT2D eigenvalue weighted by Gasteiger charge is 2.30. The van der Waals surface area contributed by atoms with Gasteiger partial charge < -0.3 is 10.3 Å². The number of rotatable bonds is 2. The van der Waals surface area contributed by atoms with Gasteiger partial charge in [-0.25, -0.2) is 0 Å². The highest BCUT2D eigenvalue weighted by Crippen LogP contribution is 2.30. The van der Waals surface area contributed by atoms with Crippen molar-refractivity contribution in [3.05, 3.63) is 64.8 Å². The molecule has 0 aliphatic rings. The van der Waals surface area contributed by atoms with Crippen LogP contribution in [0.25, 0.3) is 10.9 Å². The molecule has 0 atom stereocenters. The van der Waals surface area contributed by atoms with Gasteiger partial charge in [0.1, 0.15) is 0 Å². The number of fused-ring (bicyclic) bond motifs is 1. The van der Waals surface area contributed by atoms with Gasteiger partial charge >= 0.3 is 6.18 Å². The van der Waals surface area contributed by atoms with E-state index < -0.39 is 17.6 Å². The van der Waals surface area contributed by atoms with Crippen LogP contribution in [0, 0.1) is 0 Å². The second kappa shape index (κ2) is 5.62. The predicted molar refractivity (Wildman–Crippen MR) is 82.7 cm³/mol. The van der Waals surface area contributed by atoms with Gasteiger partial charge in [-0.1, -0.05) is 11.6 Å². The number of hydrogen-bond donors (Lipinski definition) is 2. The first-order valence-corrected chi connectivity index (χ1v) is 6.97. The number of benzene rings is 2. The normalized spacial score (nSPS) is 11.7. The maximum Gasteiger partial charge on any atom is 0.416 e. The number of nitrogens with one attached hydrogen (secondary N) is 2. The maximum atomic E-state index is 12.5. The number of anilines is 1. The van der Waals surface area contributed by atoms with Crippen molar-refractivity contribution in [1.82, 2.24) is 4.98 Å². The molecule has 118 valence electrons. The zero-order valence-corrected chi connectivity index (χ0v) is 12.3. The molecule has 3 nitrogen and oxygen atoms in total. The van der Waals surface area contributed by atoms with E-state index >= 15 is 0 Å². The van der Waals surface area contributed by atoms with Crippen molar-refractivity contribution in [2.45, 2.75) is 6.18 Å². The fourth-order valence-corrected chi connectivity index (χ4v) is 2.39. The summed E-state index contributed by atoms with van der Waals surface area (Å²) in [6.07, 6.45) is -2.88. The Bertz CT molecular complexity index is 869. The Morgan fingerprint density at radius 3 is 2.43 bits per heavy atom. The first-order chi connectivity index (χ1) is 10.8. The number of hydrogen-bond acceptors (Lipinski definition) is 1. The molecule has 0 unspecified atom stereocenters. The van der Waals surface area contributed by atoms with E-state index in [1.54, 1.807) is 18.2 Å². The second-order valence-corrected chi connectivity index (χ2v) is 5.36. The summed E-state index contributed by atoms with van der Waals surface area (Å²) in [5.74, 6) is -0.432. The van der Waals surface area contributed by atoms with Crippen LogP contribution in [0.15, 0.2) is 48.7 Å². The Kier molecular flexibility index (Phi) is 3.77. The minimum absolute atomic E-state index is 0.277. The third-order valence-electron chi connectivity index (χ3n) is 3.36. The first-order valence-electron chi connectivity index (χ1n) is 6.60. The molecule has 7 heteroatoms. The fraction of sp³-hybridized carbons (Fsp3) is 0.0625. The van der Waals surface area contributed by atoms with Crippen molar-refractivity contribution in [3.63, 3.8) is 0 Å². The van der Waals surface area contributed by atoms with Crippen LogP contribution in [0.2, 0.25) is 5.02 Å². The van der Waals surface area contributed by atoms with Gasteiger partial charge in [0.2, 0.25) is 0 Å². The van der Waals surface area contributed by atoms with E-state index in [9.17, 15) is 18.0 Å². The standard InChI is InChI=1S/C16H10ClF3N2O/c17-10-3-6-14-12(7-10)13(8-21-14)15(23)22-11-4-1-9(2-5-11)16(18,19)20/h1-8,21H,(H,22,23). The monoisotopic (exact) mass is 338 g/mol. The van der Waals surface area contributed by atoms with E-state index in [0.717, 1.165) is 17.6 Å². The predicted octanol–water partition coefficient (Wildman–Crippen LogP) is 5.09. The van der Waals surface area contributed by atoms with Crippen molar-refractivity contribution in [3.8, 4) is 0 Å². The molecule has 3 rings (SSSR count). The van der Waals surface area contributed by atoms with Crippen molar-refractivity contribution in [2.75, 3.05) is 5.32 Å². The molecule has 0 saturated carbocycles. The van der Waals surface area contributed by atoms with Crippen LogP contribution in [0.3, 0.4) is 0 Å². The largest absolute Gasteiger partial charge is 0.416 e. The number of aromatic nitrogens is 1. The van der Waals surface area contributed by atoms with Gasteiger partial charge in [-0.05, 0) is 42.5 Å². The van der Waals surface area contributed by atoms with Crippen LogP contribution in [0.5, 0.6) is 0 Å². The van der Waals surface area contributed by atoms with E-state index in [-0.39, 0.29) is 5.69 Å². The molecule has 0 radical (unpaired) electrons. The Hall–Kier alpha value is -2.47. The molecule has 3 aromatic rings. The summed E-state index contributed by atoms with van der Waals surface area (Å²) in [5, 5.41) is 3.69. The summed E-state index contributed by atoms with van der Waals surface area (Å²) in [7, 11) is 0. The van der Waals surface area contributed by atoms with Crippen molar-refractivity contribution < 1.29 is 18.0 Å². The van der Waals surface area contributed by atoms with E-state index in [2.05, 4.69) is 10.3 Å². The number of carbonyl (C=O) groups excluding carboxylic acids is 1. The van der Waals surface area contributed by atoms with Crippen LogP contribution in [-0.4, -0.2) is 10.9 Å². The van der Waals surface area contributed by atoms with Gasteiger partial charge in [-0.2, -0.15) is 13.2 Å². The minimum atomic E-state index is -4.41. The van der Waals surface area contributed by atoms with E-state index in [1.165, 1.54) is 18.3 Å².